The minimum absolute atomic E-state index is 0.705. The van der Waals surface area contributed by atoms with Crippen molar-refractivity contribution in [3.05, 3.63) is 41.5 Å². The van der Waals surface area contributed by atoms with Crippen molar-refractivity contribution in [1.82, 2.24) is 0 Å². The number of rotatable bonds is 3. The molecular weight excluding hydrogens is 235 g/mol. The van der Waals surface area contributed by atoms with Crippen molar-refractivity contribution >= 4 is 6.08 Å². The third-order valence-electron chi connectivity index (χ3n) is 2.60. The molecule has 1 aromatic carbocycles. The maximum atomic E-state index is 2.36. The van der Waals surface area contributed by atoms with E-state index >= 15 is 0 Å². The topological polar surface area (TPSA) is 0 Å². The van der Waals surface area contributed by atoms with Crippen molar-refractivity contribution < 1.29 is 24.7 Å². The van der Waals surface area contributed by atoms with Gasteiger partial charge in [-0.2, -0.15) is 0 Å². The van der Waals surface area contributed by atoms with Crippen molar-refractivity contribution in [2.75, 3.05) is 0 Å². The molecule has 65 valence electrons. The third-order valence-corrected chi connectivity index (χ3v) is 3.46. The van der Waals surface area contributed by atoms with Gasteiger partial charge < -0.3 is 0 Å². The van der Waals surface area contributed by atoms with Crippen LogP contribution in [0.3, 0.4) is 0 Å². The molecule has 0 spiro atoms. The summed E-state index contributed by atoms with van der Waals surface area (Å²) in [6, 6.07) is 8.75. The van der Waals surface area contributed by atoms with Gasteiger partial charge in [0.2, 0.25) is 0 Å². The Labute approximate surface area is 94.9 Å². The Morgan fingerprint density at radius 1 is 1.23 bits per heavy atom. The Kier molecular flexibility index (Phi) is 3.16. The van der Waals surface area contributed by atoms with Gasteiger partial charge in [-0.3, -0.25) is 0 Å². The van der Waals surface area contributed by atoms with Crippen molar-refractivity contribution in [1.29, 1.82) is 0 Å². The molecule has 1 aliphatic rings. The second-order valence-corrected chi connectivity index (χ2v) is 4.72. The van der Waals surface area contributed by atoms with Crippen molar-refractivity contribution in [2.45, 2.75) is 22.9 Å². The average molecular weight is 248 g/mol. The van der Waals surface area contributed by atoms with Crippen LogP contribution in [0.15, 0.2) is 30.3 Å². The summed E-state index contributed by atoms with van der Waals surface area (Å²) in [6.07, 6.45) is 7.33. The molecule has 0 heterocycles. The van der Waals surface area contributed by atoms with E-state index in [9.17, 15) is 0 Å². The first-order valence-electron chi connectivity index (χ1n) is 4.83. The Hall–Kier alpha value is -0.157. The first-order valence-corrected chi connectivity index (χ1v) is 6.57. The molecule has 0 radical (unpaired) electrons. The zero-order valence-corrected chi connectivity index (χ0v) is 10.1. The molecule has 2 rings (SSSR count). The van der Waals surface area contributed by atoms with Crippen LogP contribution in [-0.2, 0) is 24.7 Å². The number of benzene rings is 1. The second-order valence-electron chi connectivity index (χ2n) is 3.49. The summed E-state index contributed by atoms with van der Waals surface area (Å²) in [7, 11) is 0. The van der Waals surface area contributed by atoms with Crippen LogP contribution in [0.25, 0.3) is 6.08 Å². The Morgan fingerprint density at radius 3 is 2.92 bits per heavy atom. The first kappa shape index (κ1) is 9.40. The van der Waals surface area contributed by atoms with E-state index in [1.165, 1.54) is 28.1 Å². The first-order chi connectivity index (χ1) is 6.42. The van der Waals surface area contributed by atoms with Crippen LogP contribution in [-0.4, -0.2) is 0 Å². The standard InChI is InChI=1S/C12H13.Zr/c1-2-5-10-8-9-11-6-3-4-7-12(10)11;/h3-4,6-10H,1-2,5H2;. The van der Waals surface area contributed by atoms with Gasteiger partial charge in [0.15, 0.2) is 0 Å². The van der Waals surface area contributed by atoms with Crippen LogP contribution in [0.1, 0.15) is 29.9 Å². The second kappa shape index (κ2) is 4.37. The molecule has 1 aliphatic carbocycles. The molecule has 0 amide bonds. The number of hydrogen-bond acceptors (Lipinski definition) is 0. The summed E-state index contributed by atoms with van der Waals surface area (Å²) in [5, 5.41) is 0. The fourth-order valence-electron chi connectivity index (χ4n) is 1.90. The summed E-state index contributed by atoms with van der Waals surface area (Å²) >= 11 is 1.67. The molecule has 0 N–H and O–H groups in total. The fourth-order valence-corrected chi connectivity index (χ4v) is 2.40. The number of fused-ring (bicyclic) bond motifs is 1. The van der Waals surface area contributed by atoms with Gasteiger partial charge in [0.25, 0.3) is 0 Å². The molecule has 0 saturated carbocycles. The van der Waals surface area contributed by atoms with Gasteiger partial charge in [0.05, 0.1) is 0 Å². The molecule has 1 unspecified atom stereocenters. The van der Waals surface area contributed by atoms with Crippen LogP contribution in [0.4, 0.5) is 0 Å². The summed E-state index contributed by atoms with van der Waals surface area (Å²) < 4.78 is 1.39. The number of hydrogen-bond donors (Lipinski definition) is 0. The van der Waals surface area contributed by atoms with Gasteiger partial charge >= 0.3 is 95.2 Å². The van der Waals surface area contributed by atoms with Crippen LogP contribution in [0.2, 0.25) is 4.13 Å². The van der Waals surface area contributed by atoms with Crippen molar-refractivity contribution in [3.8, 4) is 0 Å². The Balaban J connectivity index is 2.14. The van der Waals surface area contributed by atoms with E-state index in [-0.39, 0.29) is 0 Å². The Morgan fingerprint density at radius 2 is 2.08 bits per heavy atom. The van der Waals surface area contributed by atoms with Crippen LogP contribution < -0.4 is 0 Å². The van der Waals surface area contributed by atoms with Crippen LogP contribution >= 0.6 is 0 Å². The van der Waals surface area contributed by atoms with Crippen molar-refractivity contribution in [3.63, 3.8) is 0 Å². The van der Waals surface area contributed by atoms with Gasteiger partial charge in [-0.15, -0.1) is 0 Å². The number of allylic oxidation sites excluding steroid dienone is 1. The van der Waals surface area contributed by atoms with Gasteiger partial charge in [-0.25, -0.2) is 0 Å². The molecule has 0 fully saturated rings. The zero-order valence-electron chi connectivity index (χ0n) is 7.66. The van der Waals surface area contributed by atoms with E-state index in [4.69, 9.17) is 0 Å². The molecular formula is C12H13Zr. The van der Waals surface area contributed by atoms with E-state index < -0.39 is 0 Å². The van der Waals surface area contributed by atoms with Crippen molar-refractivity contribution in [2.24, 2.45) is 0 Å². The molecule has 0 aliphatic heterocycles. The Bertz CT molecular complexity index is 315. The van der Waals surface area contributed by atoms with Gasteiger partial charge in [0, 0.05) is 0 Å². The van der Waals surface area contributed by atoms with Gasteiger partial charge in [-0.05, 0) is 0 Å². The molecule has 13 heavy (non-hydrogen) atoms. The van der Waals surface area contributed by atoms with E-state index in [1.807, 2.05) is 0 Å². The molecule has 0 bridgehead atoms. The predicted octanol–water partition coefficient (Wildman–Crippen LogP) is 3.54. The summed E-state index contributed by atoms with van der Waals surface area (Å²) in [5.74, 6) is 0.705. The van der Waals surface area contributed by atoms with Crippen LogP contribution in [0, 0.1) is 0 Å². The molecule has 1 aromatic rings. The van der Waals surface area contributed by atoms with Gasteiger partial charge in [0.1, 0.15) is 0 Å². The monoisotopic (exact) mass is 247 g/mol. The van der Waals surface area contributed by atoms with E-state index in [0.29, 0.717) is 5.92 Å². The third kappa shape index (κ3) is 2.02. The normalized spacial score (nSPS) is 18.8. The summed E-state index contributed by atoms with van der Waals surface area (Å²) in [4.78, 5) is 0. The van der Waals surface area contributed by atoms with E-state index in [0.717, 1.165) is 0 Å². The average Bonchev–Trinajstić information content (AvgIpc) is 2.58. The molecule has 0 nitrogen and oxygen atoms in total. The molecule has 0 aromatic heterocycles. The molecule has 1 atom stereocenters. The SMILES string of the molecule is [Zr][CH2]CCC1C=Cc2ccccc21. The van der Waals surface area contributed by atoms with Crippen LogP contribution in [0.5, 0.6) is 0 Å². The quantitative estimate of drug-likeness (QED) is 0.767. The zero-order chi connectivity index (χ0) is 9.10. The van der Waals surface area contributed by atoms with Gasteiger partial charge in [-0.1, -0.05) is 0 Å². The fraction of sp³-hybridized carbons (Fsp3) is 0.333. The predicted molar refractivity (Wildman–Crippen MR) is 52.3 cm³/mol. The summed E-state index contributed by atoms with van der Waals surface area (Å²) in [6.45, 7) is 0. The van der Waals surface area contributed by atoms with E-state index in [1.54, 1.807) is 24.7 Å². The minimum atomic E-state index is 0.705. The summed E-state index contributed by atoms with van der Waals surface area (Å²) in [5.41, 5.74) is 2.96. The molecule has 0 saturated heterocycles. The van der Waals surface area contributed by atoms with E-state index in [2.05, 4.69) is 36.4 Å². The molecule has 1 heteroatoms. The maximum absolute atomic E-state index is 2.36.